The predicted octanol–water partition coefficient (Wildman–Crippen LogP) is 3.09. The van der Waals surface area contributed by atoms with Crippen molar-refractivity contribution in [2.75, 3.05) is 26.8 Å². The Kier molecular flexibility index (Phi) is 9.01. The number of fused-ring (bicyclic) bond motifs is 1. The number of hydrogen-bond donors (Lipinski definition) is 3. The summed E-state index contributed by atoms with van der Waals surface area (Å²) in [7, 11) is 1.54. The van der Waals surface area contributed by atoms with Crippen LogP contribution in [0.15, 0.2) is 48.0 Å². The van der Waals surface area contributed by atoms with E-state index in [4.69, 9.17) is 14.6 Å². The van der Waals surface area contributed by atoms with Gasteiger partial charge in [0.15, 0.2) is 0 Å². The Hall–Kier alpha value is -3.67. The molecule has 0 spiro atoms. The summed E-state index contributed by atoms with van der Waals surface area (Å²) in [5.41, 5.74) is 4.80. The summed E-state index contributed by atoms with van der Waals surface area (Å²) < 4.78 is 11.3. The van der Waals surface area contributed by atoms with Crippen molar-refractivity contribution in [3.05, 3.63) is 70.8 Å². The number of nitriles is 1. The molecule has 1 amide bonds. The predicted molar refractivity (Wildman–Crippen MR) is 135 cm³/mol. The van der Waals surface area contributed by atoms with Crippen molar-refractivity contribution < 1.29 is 19.4 Å². The minimum Gasteiger partial charge on any atom is -0.490 e. The number of aliphatic imine (C=N–C) groups is 1. The number of rotatable bonds is 10. The number of amides is 1. The summed E-state index contributed by atoms with van der Waals surface area (Å²) in [4.78, 5) is 16.5. The summed E-state index contributed by atoms with van der Waals surface area (Å²) in [5, 5.41) is 24.3. The molecule has 3 rings (SSSR count). The molecule has 0 aliphatic heterocycles. The second-order valence-electron chi connectivity index (χ2n) is 8.48. The van der Waals surface area contributed by atoms with Gasteiger partial charge in [0.05, 0.1) is 37.6 Å². The van der Waals surface area contributed by atoms with Gasteiger partial charge in [0.25, 0.3) is 0 Å². The number of nitrogens with zero attached hydrogens (tertiary/aromatic N) is 2. The molecular formula is C27H32N4O4. The number of ether oxygens (including phenoxy) is 2. The smallest absolute Gasteiger partial charge is 0.234 e. The molecule has 1 aliphatic carbocycles. The molecule has 0 bridgehead atoms. The molecule has 0 heterocycles. The van der Waals surface area contributed by atoms with E-state index in [1.807, 2.05) is 32.0 Å². The number of carbonyl (C=O) groups is 1. The summed E-state index contributed by atoms with van der Waals surface area (Å²) >= 11 is 0. The van der Waals surface area contributed by atoms with Crippen molar-refractivity contribution in [1.82, 2.24) is 10.6 Å². The maximum atomic E-state index is 11.9. The summed E-state index contributed by atoms with van der Waals surface area (Å²) in [6, 6.07) is 13.5. The van der Waals surface area contributed by atoms with Crippen molar-refractivity contribution in [1.29, 1.82) is 5.26 Å². The number of benzene rings is 2. The maximum Gasteiger partial charge on any atom is 0.234 e. The van der Waals surface area contributed by atoms with Crippen LogP contribution in [0.1, 0.15) is 54.1 Å². The van der Waals surface area contributed by atoms with Gasteiger partial charge in [-0.15, -0.1) is 0 Å². The van der Waals surface area contributed by atoms with Crippen LogP contribution in [0.25, 0.3) is 5.70 Å². The number of hydrogen-bond acceptors (Lipinski definition) is 7. The fraction of sp³-hybridized carbons (Fsp3) is 0.370. The number of aliphatic hydroxyl groups excluding tert-OH is 1. The molecule has 2 aromatic rings. The Morgan fingerprint density at radius 1 is 1.34 bits per heavy atom. The van der Waals surface area contributed by atoms with E-state index in [0.717, 1.165) is 29.5 Å². The van der Waals surface area contributed by atoms with Crippen molar-refractivity contribution in [2.24, 2.45) is 4.99 Å². The third-order valence-corrected chi connectivity index (χ3v) is 5.66. The minimum atomic E-state index is -0.149. The normalized spacial score (nSPS) is 14.9. The van der Waals surface area contributed by atoms with Gasteiger partial charge in [-0.05, 0) is 56.0 Å². The quantitative estimate of drug-likeness (QED) is 0.359. The van der Waals surface area contributed by atoms with E-state index in [9.17, 15) is 10.1 Å². The lowest BCUT2D eigenvalue weighted by molar-refractivity contribution is -0.120. The number of aliphatic hydroxyl groups is 1. The third kappa shape index (κ3) is 6.47. The highest BCUT2D eigenvalue weighted by molar-refractivity contribution is 5.98. The highest BCUT2D eigenvalue weighted by atomic mass is 16.5. The van der Waals surface area contributed by atoms with Gasteiger partial charge < -0.3 is 25.2 Å². The van der Waals surface area contributed by atoms with Gasteiger partial charge in [-0.1, -0.05) is 24.8 Å². The second kappa shape index (κ2) is 12.2. The van der Waals surface area contributed by atoms with E-state index in [-0.39, 0.29) is 37.7 Å². The van der Waals surface area contributed by atoms with E-state index in [1.165, 1.54) is 7.11 Å². The molecule has 0 saturated heterocycles. The lowest BCUT2D eigenvalue weighted by atomic mass is 10.0. The molecule has 0 unspecified atom stereocenters. The Labute approximate surface area is 206 Å². The summed E-state index contributed by atoms with van der Waals surface area (Å²) in [5.74, 6) is 0.724. The fourth-order valence-corrected chi connectivity index (χ4v) is 4.13. The van der Waals surface area contributed by atoms with Crippen molar-refractivity contribution in [2.45, 2.75) is 38.8 Å². The van der Waals surface area contributed by atoms with Crippen molar-refractivity contribution in [3.63, 3.8) is 0 Å². The zero-order valence-corrected chi connectivity index (χ0v) is 20.4. The lowest BCUT2D eigenvalue weighted by Gasteiger charge is -2.15. The molecule has 0 aromatic heterocycles. The average Bonchev–Trinajstić information content (AvgIpc) is 3.27. The van der Waals surface area contributed by atoms with Gasteiger partial charge in [0.2, 0.25) is 11.8 Å². The van der Waals surface area contributed by atoms with Gasteiger partial charge in [-0.2, -0.15) is 5.26 Å². The van der Waals surface area contributed by atoms with Crippen LogP contribution in [0.3, 0.4) is 0 Å². The second-order valence-corrected chi connectivity index (χ2v) is 8.48. The first-order valence-corrected chi connectivity index (χ1v) is 11.6. The molecule has 8 nitrogen and oxygen atoms in total. The van der Waals surface area contributed by atoms with E-state index in [0.29, 0.717) is 28.5 Å². The molecular weight excluding hydrogens is 444 g/mol. The summed E-state index contributed by atoms with van der Waals surface area (Å²) in [6.45, 7) is 8.34. The Balaban J connectivity index is 1.81. The molecule has 2 aromatic carbocycles. The van der Waals surface area contributed by atoms with E-state index < -0.39 is 0 Å². The van der Waals surface area contributed by atoms with Crippen LogP contribution in [0, 0.1) is 11.3 Å². The molecule has 3 N–H and O–H groups in total. The first kappa shape index (κ1) is 25.9. The van der Waals surface area contributed by atoms with E-state index in [2.05, 4.69) is 34.3 Å². The van der Waals surface area contributed by atoms with Crippen LogP contribution < -0.4 is 15.4 Å². The van der Waals surface area contributed by atoms with Crippen molar-refractivity contribution in [3.8, 4) is 11.8 Å². The maximum absolute atomic E-state index is 11.9. The topological polar surface area (TPSA) is 116 Å². The SMILES string of the molecule is C=C(N=C(OC)c1ccc(OC(C)C)c(C#N)c1)c1cccc2c1CC[C@@H]2NCC(=O)NCCO. The molecule has 35 heavy (non-hydrogen) atoms. The molecule has 8 heteroatoms. The molecule has 0 fully saturated rings. The van der Waals surface area contributed by atoms with Crippen LogP contribution in [0.4, 0.5) is 0 Å². The largest absolute Gasteiger partial charge is 0.490 e. The highest BCUT2D eigenvalue weighted by Crippen LogP contribution is 2.36. The van der Waals surface area contributed by atoms with Gasteiger partial charge in [-0.3, -0.25) is 4.79 Å². The number of nitrogens with one attached hydrogen (secondary N) is 2. The average molecular weight is 477 g/mol. The third-order valence-electron chi connectivity index (χ3n) is 5.66. The first-order valence-electron chi connectivity index (χ1n) is 11.6. The zero-order valence-electron chi connectivity index (χ0n) is 20.4. The molecule has 1 atom stereocenters. The Morgan fingerprint density at radius 2 is 2.14 bits per heavy atom. The zero-order chi connectivity index (χ0) is 25.4. The highest BCUT2D eigenvalue weighted by Gasteiger charge is 2.25. The van der Waals surface area contributed by atoms with Crippen molar-refractivity contribution >= 4 is 17.5 Å². The van der Waals surface area contributed by atoms with Gasteiger partial charge in [0, 0.05) is 23.7 Å². The molecule has 1 aliphatic rings. The van der Waals surface area contributed by atoms with Crippen LogP contribution in [0.2, 0.25) is 0 Å². The standard InChI is InChI=1S/C27H32N4O4/c1-17(2)35-25-11-8-19(14-20(25)15-28)27(34-4)31-18(3)21-6-5-7-23-22(21)9-10-24(23)30-16-26(33)29-12-13-32/h5-8,11,14,17,24,30,32H,3,9-10,12-13,16H2,1-2,4H3,(H,29,33)/t24-/m0/s1. The van der Waals surface area contributed by atoms with Gasteiger partial charge >= 0.3 is 0 Å². The minimum absolute atomic E-state index is 0.0447. The first-order chi connectivity index (χ1) is 16.9. The summed E-state index contributed by atoms with van der Waals surface area (Å²) in [6.07, 6.45) is 1.64. The number of carbonyl (C=O) groups excluding carboxylic acids is 1. The van der Waals surface area contributed by atoms with Crippen LogP contribution in [-0.4, -0.2) is 49.8 Å². The molecule has 0 radical (unpaired) electrons. The van der Waals surface area contributed by atoms with Crippen LogP contribution >= 0.6 is 0 Å². The Morgan fingerprint density at radius 3 is 2.83 bits per heavy atom. The molecule has 0 saturated carbocycles. The van der Waals surface area contributed by atoms with E-state index >= 15 is 0 Å². The van der Waals surface area contributed by atoms with Gasteiger partial charge in [-0.25, -0.2) is 4.99 Å². The van der Waals surface area contributed by atoms with Crippen LogP contribution in [-0.2, 0) is 16.0 Å². The molecule has 184 valence electrons. The Bertz CT molecular complexity index is 1150. The van der Waals surface area contributed by atoms with E-state index in [1.54, 1.807) is 12.1 Å². The number of methoxy groups -OCH3 is 1. The van der Waals surface area contributed by atoms with Crippen LogP contribution in [0.5, 0.6) is 5.75 Å². The lowest BCUT2D eigenvalue weighted by Crippen LogP contribution is -2.36. The monoisotopic (exact) mass is 476 g/mol. The fourth-order valence-electron chi connectivity index (χ4n) is 4.13. The van der Waals surface area contributed by atoms with Gasteiger partial charge in [0.1, 0.15) is 11.8 Å².